The molecule has 3 aromatic rings. The van der Waals surface area contributed by atoms with Crippen molar-refractivity contribution in [3.8, 4) is 17.0 Å². The highest BCUT2D eigenvalue weighted by atomic mass is 32.1. The summed E-state index contributed by atoms with van der Waals surface area (Å²) in [7, 11) is 0. The lowest BCUT2D eigenvalue weighted by atomic mass is 10.2. The summed E-state index contributed by atoms with van der Waals surface area (Å²) in [6, 6.07) is 10.6. The van der Waals surface area contributed by atoms with Gasteiger partial charge in [-0.15, -0.1) is 11.3 Å². The molecule has 1 aromatic carbocycles. The Bertz CT molecular complexity index is 1030. The van der Waals surface area contributed by atoms with E-state index in [1.165, 1.54) is 0 Å². The first-order valence-corrected chi connectivity index (χ1v) is 9.46. The second kappa shape index (κ2) is 8.50. The van der Waals surface area contributed by atoms with E-state index in [9.17, 15) is 4.79 Å². The van der Waals surface area contributed by atoms with Crippen molar-refractivity contribution in [2.45, 2.75) is 26.9 Å². The number of nitrogens with zero attached hydrogens (tertiary/aromatic N) is 4. The molecule has 0 aliphatic heterocycles. The molecule has 1 atom stereocenters. The maximum atomic E-state index is 12.2. The molecule has 3 rings (SSSR count). The number of hydrogen-bond donors (Lipinski definition) is 1. The summed E-state index contributed by atoms with van der Waals surface area (Å²) >= 11 is 1.56. The molecule has 0 spiro atoms. The normalized spacial score (nSPS) is 11.9. The average Bonchev–Trinajstić information content (AvgIpc) is 3.30. The maximum absolute atomic E-state index is 12.2. The van der Waals surface area contributed by atoms with Crippen molar-refractivity contribution in [3.05, 3.63) is 64.4 Å². The van der Waals surface area contributed by atoms with Crippen LogP contribution in [0.5, 0.6) is 5.75 Å². The van der Waals surface area contributed by atoms with Crippen LogP contribution >= 0.6 is 11.3 Å². The van der Waals surface area contributed by atoms with E-state index in [1.807, 2.05) is 35.9 Å². The van der Waals surface area contributed by atoms with Crippen LogP contribution in [0.1, 0.15) is 29.4 Å². The number of nitriles is 1. The van der Waals surface area contributed by atoms with Gasteiger partial charge in [0.15, 0.2) is 11.2 Å². The molecule has 0 saturated carbocycles. The zero-order chi connectivity index (χ0) is 20.1. The number of aromatic nitrogens is 2. The van der Waals surface area contributed by atoms with Gasteiger partial charge in [0.2, 0.25) is 0 Å². The number of amides is 1. The molecule has 0 saturated heterocycles. The van der Waals surface area contributed by atoms with Crippen LogP contribution in [0.3, 0.4) is 0 Å². The fraction of sp³-hybridized carbons (Fsp3) is 0.200. The lowest BCUT2D eigenvalue weighted by Gasteiger charge is -2.12. The molecule has 2 aromatic heterocycles. The number of nitrogens with one attached hydrogen (secondary N) is 1. The van der Waals surface area contributed by atoms with E-state index in [0.717, 1.165) is 22.1 Å². The molecule has 0 aliphatic rings. The maximum Gasteiger partial charge on any atom is 0.280 e. The van der Waals surface area contributed by atoms with Gasteiger partial charge < -0.3 is 4.74 Å². The molecule has 1 N–H and O–H groups in total. The molecule has 142 valence electrons. The number of aryl methyl sites for hydroxylation is 1. The molecule has 8 heteroatoms. The van der Waals surface area contributed by atoms with E-state index in [1.54, 1.807) is 54.9 Å². The highest BCUT2D eigenvalue weighted by Gasteiger charge is 2.14. The minimum absolute atomic E-state index is 0.366. The van der Waals surface area contributed by atoms with Gasteiger partial charge in [0.1, 0.15) is 5.75 Å². The number of rotatable bonds is 6. The Labute approximate surface area is 166 Å². The first-order valence-electron chi connectivity index (χ1n) is 8.58. The highest BCUT2D eigenvalue weighted by Crippen LogP contribution is 2.21. The number of hydrogen-bond acceptors (Lipinski definition) is 6. The predicted molar refractivity (Wildman–Crippen MR) is 108 cm³/mol. The zero-order valence-corrected chi connectivity index (χ0v) is 16.5. The Kier molecular flexibility index (Phi) is 5.87. The van der Waals surface area contributed by atoms with E-state index in [4.69, 9.17) is 10.00 Å². The van der Waals surface area contributed by atoms with E-state index < -0.39 is 6.10 Å². The largest absolute Gasteiger partial charge is 0.481 e. The van der Waals surface area contributed by atoms with Gasteiger partial charge in [0.25, 0.3) is 5.91 Å². The number of hydrazone groups is 1. The van der Waals surface area contributed by atoms with Crippen molar-refractivity contribution in [2.24, 2.45) is 5.10 Å². The Hall–Kier alpha value is -3.44. The molecule has 0 aliphatic carbocycles. The topological polar surface area (TPSA) is 92.3 Å². The van der Waals surface area contributed by atoms with E-state index >= 15 is 0 Å². The molecule has 1 amide bonds. The Morgan fingerprint density at radius 3 is 2.79 bits per heavy atom. The van der Waals surface area contributed by atoms with E-state index in [-0.39, 0.29) is 5.91 Å². The third-order valence-electron chi connectivity index (χ3n) is 4.12. The quantitative estimate of drug-likeness (QED) is 0.513. The van der Waals surface area contributed by atoms with Crippen LogP contribution in [0.2, 0.25) is 0 Å². The average molecular weight is 393 g/mol. The smallest absolute Gasteiger partial charge is 0.280 e. The summed E-state index contributed by atoms with van der Waals surface area (Å²) in [4.78, 5) is 16.5. The summed E-state index contributed by atoms with van der Waals surface area (Å²) < 4.78 is 7.61. The molecule has 2 heterocycles. The van der Waals surface area contributed by atoms with Gasteiger partial charge in [-0.25, -0.2) is 10.4 Å². The van der Waals surface area contributed by atoms with Crippen molar-refractivity contribution in [1.82, 2.24) is 15.0 Å². The monoisotopic (exact) mass is 393 g/mol. The summed E-state index contributed by atoms with van der Waals surface area (Å²) in [5.41, 5.74) is 5.96. The van der Waals surface area contributed by atoms with Crippen LogP contribution in [0.25, 0.3) is 5.13 Å². The van der Waals surface area contributed by atoms with Crippen LogP contribution in [0.4, 0.5) is 0 Å². The van der Waals surface area contributed by atoms with Crippen LogP contribution < -0.4 is 10.2 Å². The highest BCUT2D eigenvalue weighted by molar-refractivity contribution is 7.12. The first-order chi connectivity index (χ1) is 13.5. The summed E-state index contributed by atoms with van der Waals surface area (Å²) in [6.45, 7) is 5.61. The number of carbonyl (C=O) groups is 1. The van der Waals surface area contributed by atoms with Gasteiger partial charge in [-0.05, 0) is 51.1 Å². The van der Waals surface area contributed by atoms with Gasteiger partial charge in [-0.3, -0.25) is 9.36 Å². The Morgan fingerprint density at radius 2 is 2.14 bits per heavy atom. The van der Waals surface area contributed by atoms with Crippen molar-refractivity contribution < 1.29 is 9.53 Å². The summed E-state index contributed by atoms with van der Waals surface area (Å²) in [6.07, 6.45) is 2.65. The minimum Gasteiger partial charge on any atom is -0.481 e. The standard InChI is InChI=1S/C20H19N5O2S/c1-13-10-17(14(2)25(13)20-22-8-9-28-20)12-23-24-19(26)15(3)27-18-6-4-16(11-21)5-7-18/h4-10,12,15H,1-3H3,(H,24,26). The summed E-state index contributed by atoms with van der Waals surface area (Å²) in [5.74, 6) is 0.145. The van der Waals surface area contributed by atoms with Gasteiger partial charge in [0, 0.05) is 28.5 Å². The second-order valence-electron chi connectivity index (χ2n) is 6.11. The Balaban J connectivity index is 1.62. The lowest BCUT2D eigenvalue weighted by Crippen LogP contribution is -2.33. The first kappa shape index (κ1) is 19.3. The van der Waals surface area contributed by atoms with Crippen molar-refractivity contribution in [2.75, 3.05) is 0 Å². The minimum atomic E-state index is -0.729. The molecule has 0 bridgehead atoms. The third kappa shape index (κ3) is 4.27. The SMILES string of the molecule is Cc1cc(C=NNC(=O)C(C)Oc2ccc(C#N)cc2)c(C)n1-c1nccs1. The fourth-order valence-corrected chi connectivity index (χ4v) is 3.41. The fourth-order valence-electron chi connectivity index (χ4n) is 2.66. The van der Waals surface area contributed by atoms with E-state index in [0.29, 0.717) is 11.3 Å². The second-order valence-corrected chi connectivity index (χ2v) is 6.98. The molecule has 28 heavy (non-hydrogen) atoms. The molecule has 0 fully saturated rings. The zero-order valence-electron chi connectivity index (χ0n) is 15.7. The van der Waals surface area contributed by atoms with Gasteiger partial charge >= 0.3 is 0 Å². The van der Waals surface area contributed by atoms with Crippen molar-refractivity contribution >= 4 is 23.5 Å². The molecule has 7 nitrogen and oxygen atoms in total. The predicted octanol–water partition coefficient (Wildman–Crippen LogP) is 3.34. The van der Waals surface area contributed by atoms with Crippen LogP contribution in [0, 0.1) is 25.2 Å². The number of thiazole rings is 1. The van der Waals surface area contributed by atoms with E-state index in [2.05, 4.69) is 15.5 Å². The van der Waals surface area contributed by atoms with Crippen molar-refractivity contribution in [3.63, 3.8) is 0 Å². The molecular weight excluding hydrogens is 374 g/mol. The van der Waals surface area contributed by atoms with Crippen LogP contribution in [-0.4, -0.2) is 27.8 Å². The van der Waals surface area contributed by atoms with Crippen LogP contribution in [-0.2, 0) is 4.79 Å². The summed E-state index contributed by atoms with van der Waals surface area (Å²) in [5, 5.41) is 15.7. The number of ether oxygens (including phenoxy) is 1. The van der Waals surface area contributed by atoms with Gasteiger partial charge in [0.05, 0.1) is 17.8 Å². The van der Waals surface area contributed by atoms with Gasteiger partial charge in [-0.1, -0.05) is 0 Å². The number of carbonyl (C=O) groups excluding carboxylic acids is 1. The number of benzene rings is 1. The molecular formula is C20H19N5O2S. The van der Waals surface area contributed by atoms with Crippen molar-refractivity contribution in [1.29, 1.82) is 5.26 Å². The lowest BCUT2D eigenvalue weighted by molar-refractivity contribution is -0.127. The molecule has 0 radical (unpaired) electrons. The van der Waals surface area contributed by atoms with Crippen LogP contribution in [0.15, 0.2) is 47.0 Å². The molecule has 1 unspecified atom stereocenters. The van der Waals surface area contributed by atoms with Gasteiger partial charge in [-0.2, -0.15) is 10.4 Å². The Morgan fingerprint density at radius 1 is 1.39 bits per heavy atom. The third-order valence-corrected chi connectivity index (χ3v) is 4.88.